The molecule has 0 saturated heterocycles. The van der Waals surface area contributed by atoms with E-state index in [1.54, 1.807) is 5.20 Å². The van der Waals surface area contributed by atoms with Gasteiger partial charge >= 0.3 is 0 Å². The van der Waals surface area contributed by atoms with E-state index in [1.165, 1.54) is 17.5 Å². The van der Waals surface area contributed by atoms with E-state index in [9.17, 15) is 0 Å². The molecule has 2 radical (unpaired) electrons. The lowest BCUT2D eigenvalue weighted by Crippen LogP contribution is -2.42. The van der Waals surface area contributed by atoms with Gasteiger partial charge in [-0.05, 0) is 41.4 Å². The Morgan fingerprint density at radius 2 is 1.26 bits per heavy atom. The smallest absolute Gasteiger partial charge is 0.0954 e. The summed E-state index contributed by atoms with van der Waals surface area (Å²) in [7, 11) is 5.46. The Balaban J connectivity index is 0.000000212. The molecule has 5 rings (SSSR count). The van der Waals surface area contributed by atoms with Crippen LogP contribution in [0.1, 0.15) is 54.8 Å². The fraction of sp³-hybridized carbons (Fsp3) is 0.171. The third kappa shape index (κ3) is 7.16. The van der Waals surface area contributed by atoms with Gasteiger partial charge in [-0.2, -0.15) is 0 Å². The van der Waals surface area contributed by atoms with Crippen LogP contribution in [0.4, 0.5) is 0 Å². The third-order valence-corrected chi connectivity index (χ3v) is 9.62. The standard InChI is InChI=1S/C22H26N2Si.C13H11B/c1-3-4-11-19(2)25-22(24-17-16-23-18-24,20-12-7-5-8-13-20)21-14-9-6-10-15-21;14-13(11-7-3-1-4-8-11)12-9-5-2-6-10-12/h5-18H,3-4,25H2,1-2H3;1-10,13H. The van der Waals surface area contributed by atoms with Gasteiger partial charge in [-0.3, -0.25) is 0 Å². The Bertz CT molecular complexity index is 1310. The molecular formula is C35H37BN2Si. The van der Waals surface area contributed by atoms with Crippen molar-refractivity contribution in [1.82, 2.24) is 9.55 Å². The topological polar surface area (TPSA) is 17.8 Å². The van der Waals surface area contributed by atoms with Crippen LogP contribution in [-0.2, 0) is 5.16 Å². The van der Waals surface area contributed by atoms with E-state index in [1.807, 2.05) is 48.9 Å². The van der Waals surface area contributed by atoms with Crippen molar-refractivity contribution in [2.75, 3.05) is 0 Å². The van der Waals surface area contributed by atoms with Crippen LogP contribution in [0, 0.1) is 0 Å². The molecule has 0 amide bonds. The van der Waals surface area contributed by atoms with Crippen LogP contribution in [0.2, 0.25) is 0 Å². The molecule has 0 bridgehead atoms. The maximum absolute atomic E-state index is 6.12. The van der Waals surface area contributed by atoms with Gasteiger partial charge in [0.25, 0.3) is 0 Å². The molecule has 0 atom stereocenters. The first-order valence-corrected chi connectivity index (χ1v) is 15.2. The van der Waals surface area contributed by atoms with Crippen molar-refractivity contribution in [2.45, 2.75) is 37.7 Å². The fourth-order valence-electron chi connectivity index (χ4n) is 5.05. The number of hydrogen-bond acceptors (Lipinski definition) is 1. The van der Waals surface area contributed by atoms with Gasteiger partial charge < -0.3 is 4.57 Å². The predicted octanol–water partition coefficient (Wildman–Crippen LogP) is 7.45. The van der Waals surface area contributed by atoms with E-state index >= 15 is 0 Å². The van der Waals surface area contributed by atoms with Gasteiger partial charge in [-0.15, -0.1) is 0 Å². The molecule has 0 saturated carbocycles. The minimum Gasteiger partial charge on any atom is -0.326 e. The molecule has 1 aromatic heterocycles. The monoisotopic (exact) mass is 524 g/mol. The zero-order chi connectivity index (χ0) is 27.3. The van der Waals surface area contributed by atoms with Gasteiger partial charge in [0.2, 0.25) is 0 Å². The van der Waals surface area contributed by atoms with Crippen molar-refractivity contribution in [2.24, 2.45) is 0 Å². The molecule has 4 aromatic carbocycles. The summed E-state index contributed by atoms with van der Waals surface area (Å²) < 4.78 is 2.31. The van der Waals surface area contributed by atoms with Gasteiger partial charge in [0.15, 0.2) is 0 Å². The summed E-state index contributed by atoms with van der Waals surface area (Å²) in [5.41, 5.74) is 4.99. The summed E-state index contributed by atoms with van der Waals surface area (Å²) in [5.74, 6) is -0.0163. The Labute approximate surface area is 237 Å². The Kier molecular flexibility index (Phi) is 10.3. The first kappa shape index (κ1) is 28.1. The van der Waals surface area contributed by atoms with Gasteiger partial charge in [0, 0.05) is 12.4 Å². The Morgan fingerprint density at radius 3 is 1.67 bits per heavy atom. The fourth-order valence-corrected chi connectivity index (χ4v) is 7.46. The second-order valence-corrected chi connectivity index (χ2v) is 12.4. The predicted molar refractivity (Wildman–Crippen MR) is 169 cm³/mol. The molecule has 39 heavy (non-hydrogen) atoms. The molecule has 4 heteroatoms. The highest BCUT2D eigenvalue weighted by atomic mass is 28.2. The molecule has 1 heterocycles. The number of aromatic nitrogens is 2. The number of hydrogen-bond donors (Lipinski definition) is 0. The molecule has 0 aliphatic rings. The minimum atomic E-state index is -0.659. The second-order valence-electron chi connectivity index (χ2n) is 9.88. The lowest BCUT2D eigenvalue weighted by molar-refractivity contribution is 0.594. The maximum Gasteiger partial charge on any atom is 0.0954 e. The Hall–Kier alpha value is -3.89. The first-order chi connectivity index (χ1) is 19.1. The zero-order valence-electron chi connectivity index (χ0n) is 23.0. The van der Waals surface area contributed by atoms with E-state index in [-0.39, 0.29) is 11.0 Å². The number of rotatable bonds is 9. The Morgan fingerprint density at radius 1 is 0.795 bits per heavy atom. The van der Waals surface area contributed by atoms with Crippen molar-refractivity contribution < 1.29 is 0 Å². The largest absolute Gasteiger partial charge is 0.326 e. The lowest BCUT2D eigenvalue weighted by Gasteiger charge is -2.37. The number of imidazole rings is 1. The maximum atomic E-state index is 6.12. The molecule has 194 valence electrons. The van der Waals surface area contributed by atoms with Crippen LogP contribution >= 0.6 is 0 Å². The van der Waals surface area contributed by atoms with Crippen LogP contribution in [-0.4, -0.2) is 26.9 Å². The third-order valence-electron chi connectivity index (χ3n) is 7.08. The van der Waals surface area contributed by atoms with Crippen LogP contribution in [0.15, 0.2) is 151 Å². The van der Waals surface area contributed by atoms with Crippen LogP contribution in [0.25, 0.3) is 0 Å². The molecule has 0 aliphatic carbocycles. The van der Waals surface area contributed by atoms with E-state index in [4.69, 9.17) is 7.85 Å². The van der Waals surface area contributed by atoms with E-state index in [0.717, 1.165) is 17.5 Å². The number of nitrogens with zero attached hydrogens (tertiary/aromatic N) is 2. The molecule has 0 aliphatic heterocycles. The van der Waals surface area contributed by atoms with E-state index in [0.29, 0.717) is 0 Å². The normalized spacial score (nSPS) is 11.9. The quantitative estimate of drug-likeness (QED) is 0.183. The summed E-state index contributed by atoms with van der Waals surface area (Å²) in [6, 6.07) is 42.0. The minimum absolute atomic E-state index is 0.0163. The van der Waals surface area contributed by atoms with Crippen molar-refractivity contribution in [3.8, 4) is 0 Å². The number of benzene rings is 4. The number of allylic oxidation sites excluding steroid dienone is 2. The van der Waals surface area contributed by atoms with Crippen molar-refractivity contribution >= 4 is 17.4 Å². The summed E-state index contributed by atoms with van der Waals surface area (Å²) in [6.07, 6.45) is 10.8. The van der Waals surface area contributed by atoms with Crippen molar-refractivity contribution in [1.29, 1.82) is 0 Å². The SMILES string of the molecule is CCCC=C(C)[SiH2]C(c1ccccc1)(c1ccccc1)n1ccnc1.[B]C(c1ccccc1)c1ccccc1. The van der Waals surface area contributed by atoms with Gasteiger partial charge in [0.05, 0.1) is 28.9 Å². The molecule has 0 spiro atoms. The van der Waals surface area contributed by atoms with E-state index < -0.39 is 9.52 Å². The van der Waals surface area contributed by atoms with Crippen LogP contribution < -0.4 is 0 Å². The lowest BCUT2D eigenvalue weighted by atomic mass is 9.76. The second kappa shape index (κ2) is 14.3. The average Bonchev–Trinajstić information content (AvgIpc) is 3.56. The van der Waals surface area contributed by atoms with Crippen molar-refractivity contribution in [3.05, 3.63) is 174 Å². The molecule has 5 aromatic rings. The summed E-state index contributed by atoms with van der Waals surface area (Å²) in [6.45, 7) is 4.54. The first-order valence-electron chi connectivity index (χ1n) is 13.8. The van der Waals surface area contributed by atoms with Crippen LogP contribution in [0.3, 0.4) is 0 Å². The van der Waals surface area contributed by atoms with Gasteiger partial charge in [-0.25, -0.2) is 4.98 Å². The van der Waals surface area contributed by atoms with Crippen LogP contribution in [0.5, 0.6) is 0 Å². The molecule has 0 fully saturated rings. The number of unbranched alkanes of at least 4 members (excludes halogenated alkanes) is 1. The van der Waals surface area contributed by atoms with Gasteiger partial charge in [0.1, 0.15) is 0 Å². The van der Waals surface area contributed by atoms with Gasteiger partial charge in [-0.1, -0.05) is 146 Å². The summed E-state index contributed by atoms with van der Waals surface area (Å²) in [4.78, 5) is 4.37. The highest BCUT2D eigenvalue weighted by molar-refractivity contribution is 6.50. The zero-order valence-corrected chi connectivity index (χ0v) is 24.4. The summed E-state index contributed by atoms with van der Waals surface area (Å²) in [5, 5.41) is 1.40. The molecule has 2 nitrogen and oxygen atoms in total. The molecule has 0 N–H and O–H groups in total. The highest BCUT2D eigenvalue weighted by Gasteiger charge is 2.36. The average molecular weight is 525 g/mol. The summed E-state index contributed by atoms with van der Waals surface area (Å²) >= 11 is 0. The van der Waals surface area contributed by atoms with E-state index in [2.05, 4.69) is 121 Å². The molecular weight excluding hydrogens is 487 g/mol. The van der Waals surface area contributed by atoms with Crippen molar-refractivity contribution in [3.63, 3.8) is 0 Å². The molecule has 0 unspecified atom stereocenters. The highest BCUT2D eigenvalue weighted by Crippen LogP contribution is 2.34.